The lowest BCUT2D eigenvalue weighted by atomic mass is 10.1. The summed E-state index contributed by atoms with van der Waals surface area (Å²) in [5.74, 6) is 0.491. The van der Waals surface area contributed by atoms with E-state index in [4.69, 9.17) is 10.5 Å². The highest BCUT2D eigenvalue weighted by molar-refractivity contribution is 5.78. The van der Waals surface area contributed by atoms with E-state index in [1.54, 1.807) is 0 Å². The molecule has 4 nitrogen and oxygen atoms in total. The van der Waals surface area contributed by atoms with Gasteiger partial charge in [0, 0.05) is 19.0 Å². The number of likely N-dealkylation sites (tertiary alicyclic amines) is 1. The van der Waals surface area contributed by atoms with E-state index in [2.05, 4.69) is 12.1 Å². The number of benzene rings is 1. The van der Waals surface area contributed by atoms with Gasteiger partial charge in [0.15, 0.2) is 0 Å². The van der Waals surface area contributed by atoms with Crippen molar-refractivity contribution in [1.29, 1.82) is 0 Å². The van der Waals surface area contributed by atoms with Crippen LogP contribution in [0.1, 0.15) is 12.0 Å². The van der Waals surface area contributed by atoms with Crippen LogP contribution in [0.25, 0.3) is 0 Å². The van der Waals surface area contributed by atoms with Crippen LogP contribution < -0.4 is 5.73 Å². The smallest absolute Gasteiger partial charge is 0.236 e. The molecule has 1 heterocycles. The van der Waals surface area contributed by atoms with Crippen LogP contribution in [0.4, 0.5) is 0 Å². The molecule has 2 N–H and O–H groups in total. The Morgan fingerprint density at radius 2 is 2.17 bits per heavy atom. The van der Waals surface area contributed by atoms with Crippen molar-refractivity contribution in [3.05, 3.63) is 35.9 Å². The van der Waals surface area contributed by atoms with E-state index in [0.29, 0.717) is 19.1 Å². The summed E-state index contributed by atoms with van der Waals surface area (Å²) in [6, 6.07) is 10.1. The number of ether oxygens (including phenoxy) is 1. The molecule has 1 saturated heterocycles. The number of amides is 1. The zero-order valence-electron chi connectivity index (χ0n) is 10.5. The van der Waals surface area contributed by atoms with Gasteiger partial charge in [-0.15, -0.1) is 0 Å². The van der Waals surface area contributed by atoms with E-state index in [0.717, 1.165) is 19.5 Å². The first-order valence-corrected chi connectivity index (χ1v) is 6.39. The van der Waals surface area contributed by atoms with Crippen LogP contribution in [0.15, 0.2) is 30.3 Å². The van der Waals surface area contributed by atoms with Crippen molar-refractivity contribution >= 4 is 5.91 Å². The molecule has 0 spiro atoms. The van der Waals surface area contributed by atoms with Gasteiger partial charge in [-0.3, -0.25) is 4.79 Å². The van der Waals surface area contributed by atoms with Crippen LogP contribution >= 0.6 is 0 Å². The Kier molecular flexibility index (Phi) is 4.73. The number of hydrogen-bond acceptors (Lipinski definition) is 3. The van der Waals surface area contributed by atoms with E-state index in [9.17, 15) is 4.79 Å². The molecule has 0 aliphatic carbocycles. The van der Waals surface area contributed by atoms with E-state index in [-0.39, 0.29) is 12.5 Å². The van der Waals surface area contributed by atoms with Crippen LogP contribution in [0.2, 0.25) is 0 Å². The minimum atomic E-state index is 0.0422. The predicted octanol–water partition coefficient (Wildman–Crippen LogP) is 1.01. The molecule has 1 unspecified atom stereocenters. The fraction of sp³-hybridized carbons (Fsp3) is 0.500. The molecule has 0 radical (unpaired) electrons. The molecule has 1 aromatic carbocycles. The van der Waals surface area contributed by atoms with Crippen LogP contribution in [-0.2, 0) is 16.1 Å². The number of nitrogens with two attached hydrogens (primary N) is 1. The Hall–Kier alpha value is -1.39. The van der Waals surface area contributed by atoms with Gasteiger partial charge >= 0.3 is 0 Å². The lowest BCUT2D eigenvalue weighted by Crippen LogP contribution is -2.34. The fourth-order valence-corrected chi connectivity index (χ4v) is 2.24. The summed E-state index contributed by atoms with van der Waals surface area (Å²) in [4.78, 5) is 13.2. The zero-order chi connectivity index (χ0) is 12.8. The number of carbonyl (C=O) groups excluding carboxylic acids is 1. The van der Waals surface area contributed by atoms with Crippen molar-refractivity contribution in [2.75, 3.05) is 26.2 Å². The van der Waals surface area contributed by atoms with Crippen LogP contribution in [-0.4, -0.2) is 37.0 Å². The molecule has 0 saturated carbocycles. The Labute approximate surface area is 108 Å². The predicted molar refractivity (Wildman–Crippen MR) is 69.8 cm³/mol. The Morgan fingerprint density at radius 3 is 2.89 bits per heavy atom. The maximum atomic E-state index is 11.4. The molecular formula is C14H20N2O2. The summed E-state index contributed by atoms with van der Waals surface area (Å²) >= 11 is 0. The topological polar surface area (TPSA) is 55.6 Å². The number of nitrogens with zero attached hydrogens (tertiary/aromatic N) is 1. The molecule has 4 heteroatoms. The van der Waals surface area contributed by atoms with Crippen LogP contribution in [0, 0.1) is 5.92 Å². The highest BCUT2D eigenvalue weighted by atomic mass is 16.5. The molecule has 0 bridgehead atoms. The molecule has 1 aliphatic rings. The van der Waals surface area contributed by atoms with Gasteiger partial charge < -0.3 is 15.4 Å². The second-order valence-electron chi connectivity index (χ2n) is 4.70. The van der Waals surface area contributed by atoms with Crippen molar-refractivity contribution in [2.24, 2.45) is 11.7 Å². The minimum Gasteiger partial charge on any atom is -0.376 e. The van der Waals surface area contributed by atoms with Crippen molar-refractivity contribution in [2.45, 2.75) is 13.0 Å². The minimum absolute atomic E-state index is 0.0422. The Balaban J connectivity index is 1.68. The SMILES string of the molecule is NCC(=O)N1CCC(COCc2ccccc2)C1. The molecule has 1 fully saturated rings. The summed E-state index contributed by atoms with van der Waals surface area (Å²) in [5.41, 5.74) is 6.54. The van der Waals surface area contributed by atoms with Gasteiger partial charge in [-0.25, -0.2) is 0 Å². The quantitative estimate of drug-likeness (QED) is 0.846. The summed E-state index contributed by atoms with van der Waals surface area (Å²) < 4.78 is 5.70. The molecule has 18 heavy (non-hydrogen) atoms. The van der Waals surface area contributed by atoms with Gasteiger partial charge in [-0.2, -0.15) is 0 Å². The molecular weight excluding hydrogens is 228 g/mol. The van der Waals surface area contributed by atoms with E-state index >= 15 is 0 Å². The first kappa shape index (κ1) is 13.1. The fourth-order valence-electron chi connectivity index (χ4n) is 2.24. The first-order chi connectivity index (χ1) is 8.79. The lowest BCUT2D eigenvalue weighted by molar-refractivity contribution is -0.128. The molecule has 1 atom stereocenters. The first-order valence-electron chi connectivity index (χ1n) is 6.39. The van der Waals surface area contributed by atoms with Gasteiger partial charge in [0.25, 0.3) is 0 Å². The third-order valence-electron chi connectivity index (χ3n) is 3.28. The second-order valence-corrected chi connectivity index (χ2v) is 4.70. The van der Waals surface area contributed by atoms with Gasteiger partial charge in [-0.05, 0) is 12.0 Å². The Morgan fingerprint density at radius 1 is 1.39 bits per heavy atom. The van der Waals surface area contributed by atoms with Gasteiger partial charge in [0.05, 0.1) is 19.8 Å². The highest BCUT2D eigenvalue weighted by Gasteiger charge is 2.25. The van der Waals surface area contributed by atoms with E-state index < -0.39 is 0 Å². The number of hydrogen-bond donors (Lipinski definition) is 1. The highest BCUT2D eigenvalue weighted by Crippen LogP contribution is 2.17. The largest absolute Gasteiger partial charge is 0.376 e. The van der Waals surface area contributed by atoms with Gasteiger partial charge in [0.2, 0.25) is 5.91 Å². The van der Waals surface area contributed by atoms with Crippen LogP contribution in [0.3, 0.4) is 0 Å². The Bertz CT molecular complexity index is 381. The zero-order valence-corrected chi connectivity index (χ0v) is 10.5. The third kappa shape index (κ3) is 3.55. The molecule has 1 aliphatic heterocycles. The number of carbonyl (C=O) groups is 1. The van der Waals surface area contributed by atoms with Gasteiger partial charge in [0.1, 0.15) is 0 Å². The monoisotopic (exact) mass is 248 g/mol. The molecule has 0 aromatic heterocycles. The van der Waals surface area contributed by atoms with E-state index in [1.165, 1.54) is 5.56 Å². The second kappa shape index (κ2) is 6.52. The average Bonchev–Trinajstić information content (AvgIpc) is 2.88. The van der Waals surface area contributed by atoms with E-state index in [1.807, 2.05) is 23.1 Å². The van der Waals surface area contributed by atoms with Crippen molar-refractivity contribution in [3.8, 4) is 0 Å². The molecule has 2 rings (SSSR count). The summed E-state index contributed by atoms with van der Waals surface area (Å²) in [6.07, 6.45) is 1.01. The molecule has 98 valence electrons. The van der Waals surface area contributed by atoms with Crippen molar-refractivity contribution < 1.29 is 9.53 Å². The summed E-state index contributed by atoms with van der Waals surface area (Å²) in [7, 11) is 0. The standard InChI is InChI=1S/C14H20N2O2/c15-8-14(17)16-7-6-13(9-16)11-18-10-12-4-2-1-3-5-12/h1-5,13H,6-11,15H2. The summed E-state index contributed by atoms with van der Waals surface area (Å²) in [6.45, 7) is 3.06. The van der Waals surface area contributed by atoms with Crippen LogP contribution in [0.5, 0.6) is 0 Å². The normalized spacial score (nSPS) is 19.2. The lowest BCUT2D eigenvalue weighted by Gasteiger charge is -2.15. The molecule has 1 aromatic rings. The van der Waals surface area contributed by atoms with Gasteiger partial charge in [-0.1, -0.05) is 30.3 Å². The van der Waals surface area contributed by atoms with Crippen molar-refractivity contribution in [3.63, 3.8) is 0 Å². The molecule has 1 amide bonds. The number of rotatable bonds is 5. The third-order valence-corrected chi connectivity index (χ3v) is 3.28. The summed E-state index contributed by atoms with van der Waals surface area (Å²) in [5, 5.41) is 0. The average molecular weight is 248 g/mol. The maximum Gasteiger partial charge on any atom is 0.236 e. The van der Waals surface area contributed by atoms with Crippen molar-refractivity contribution in [1.82, 2.24) is 4.90 Å². The maximum absolute atomic E-state index is 11.4.